The molecule has 6 heteroatoms. The molecule has 0 unspecified atom stereocenters. The smallest absolute Gasteiger partial charge is 0.335 e. The van der Waals surface area contributed by atoms with Crippen LogP contribution in [0.25, 0.3) is 0 Å². The molecule has 0 atom stereocenters. The van der Waals surface area contributed by atoms with Crippen molar-refractivity contribution in [2.75, 3.05) is 0 Å². The summed E-state index contributed by atoms with van der Waals surface area (Å²) in [4.78, 5) is 25.1. The molecule has 1 heterocycles. The zero-order chi connectivity index (χ0) is 16.5. The second kappa shape index (κ2) is 8.61. The van der Waals surface area contributed by atoms with Gasteiger partial charge in [-0.15, -0.1) is 0 Å². The summed E-state index contributed by atoms with van der Waals surface area (Å²) in [6.45, 7) is 4.78. The molecule has 0 spiro atoms. The Hall–Kier alpha value is -2.63. The molecule has 118 valence electrons. The highest BCUT2D eigenvalue weighted by atomic mass is 16.4. The van der Waals surface area contributed by atoms with E-state index in [1.54, 1.807) is 0 Å². The fourth-order valence-corrected chi connectivity index (χ4v) is 1.86. The Bertz CT molecular complexity index is 589. The second-order valence-corrected chi connectivity index (χ2v) is 4.74. The molecular weight excluding hydrogens is 284 g/mol. The lowest BCUT2D eigenvalue weighted by Gasteiger charge is -2.03. The minimum Gasteiger partial charge on any atom is -0.478 e. The minimum atomic E-state index is -1.11. The monoisotopic (exact) mass is 304 g/mol. The van der Waals surface area contributed by atoms with E-state index in [1.807, 2.05) is 18.7 Å². The number of aromatic nitrogens is 2. The maximum absolute atomic E-state index is 10.6. The maximum atomic E-state index is 10.6. The second-order valence-electron chi connectivity index (χ2n) is 4.74. The molecular formula is C16H20N2O4. The number of benzene rings is 1. The van der Waals surface area contributed by atoms with E-state index in [2.05, 4.69) is 16.5 Å². The van der Waals surface area contributed by atoms with Crippen LogP contribution in [0, 0.1) is 6.92 Å². The normalized spacial score (nSPS) is 9.73. The number of carboxylic acid groups (broad SMARTS) is 2. The Balaban J connectivity index is 0.000000235. The standard InChI is InChI=1S/C9H8O4.C7H12N2/c1-5-6(8(10)11)3-2-4-7(5)9(12)13;1-2-3-5-9-6-4-8-7-9/h2-4H,1H3,(H,10,11)(H,12,13);4,6-7H,2-3,5H2,1H3. The zero-order valence-electron chi connectivity index (χ0n) is 12.7. The quantitative estimate of drug-likeness (QED) is 0.885. The van der Waals surface area contributed by atoms with Gasteiger partial charge in [-0.1, -0.05) is 19.4 Å². The average molecular weight is 304 g/mol. The van der Waals surface area contributed by atoms with E-state index in [-0.39, 0.29) is 16.7 Å². The van der Waals surface area contributed by atoms with Crippen molar-refractivity contribution in [1.29, 1.82) is 0 Å². The van der Waals surface area contributed by atoms with Gasteiger partial charge in [0, 0.05) is 18.9 Å². The first-order valence-corrected chi connectivity index (χ1v) is 6.99. The fraction of sp³-hybridized carbons (Fsp3) is 0.312. The van der Waals surface area contributed by atoms with E-state index >= 15 is 0 Å². The molecule has 0 saturated carbocycles. The molecule has 0 aliphatic heterocycles. The highest BCUT2D eigenvalue weighted by molar-refractivity contribution is 5.96. The molecule has 0 bridgehead atoms. The SMILES string of the molecule is CCCCn1ccnc1.Cc1c(C(=O)O)cccc1C(=O)O. The lowest BCUT2D eigenvalue weighted by molar-refractivity contribution is 0.0696. The third-order valence-corrected chi connectivity index (χ3v) is 3.12. The van der Waals surface area contributed by atoms with Gasteiger partial charge in [0.1, 0.15) is 0 Å². The van der Waals surface area contributed by atoms with Crippen molar-refractivity contribution in [3.8, 4) is 0 Å². The Morgan fingerprint density at radius 3 is 2.18 bits per heavy atom. The molecule has 2 aromatic rings. The summed E-state index contributed by atoms with van der Waals surface area (Å²) in [5, 5.41) is 17.4. The van der Waals surface area contributed by atoms with Gasteiger partial charge in [0.2, 0.25) is 0 Å². The highest BCUT2D eigenvalue weighted by Crippen LogP contribution is 2.13. The summed E-state index contributed by atoms with van der Waals surface area (Å²) in [6, 6.07) is 4.17. The summed E-state index contributed by atoms with van der Waals surface area (Å²) in [5.74, 6) is -2.22. The molecule has 22 heavy (non-hydrogen) atoms. The number of unbranched alkanes of at least 4 members (excludes halogenated alkanes) is 1. The Morgan fingerprint density at radius 2 is 1.77 bits per heavy atom. The summed E-state index contributed by atoms with van der Waals surface area (Å²) < 4.78 is 2.10. The maximum Gasteiger partial charge on any atom is 0.335 e. The lowest BCUT2D eigenvalue weighted by Crippen LogP contribution is -2.06. The molecule has 0 radical (unpaired) electrons. The molecule has 0 aliphatic rings. The van der Waals surface area contributed by atoms with Gasteiger partial charge >= 0.3 is 11.9 Å². The van der Waals surface area contributed by atoms with Crippen LogP contribution in [-0.4, -0.2) is 31.7 Å². The van der Waals surface area contributed by atoms with Crippen molar-refractivity contribution in [1.82, 2.24) is 9.55 Å². The number of aromatic carboxylic acids is 2. The fourth-order valence-electron chi connectivity index (χ4n) is 1.86. The molecule has 2 N–H and O–H groups in total. The first-order valence-electron chi connectivity index (χ1n) is 6.99. The third kappa shape index (κ3) is 5.05. The summed E-state index contributed by atoms with van der Waals surface area (Å²) >= 11 is 0. The van der Waals surface area contributed by atoms with E-state index in [1.165, 1.54) is 38.0 Å². The summed E-state index contributed by atoms with van der Waals surface area (Å²) in [6.07, 6.45) is 8.16. The number of hydrogen-bond acceptors (Lipinski definition) is 3. The molecule has 0 saturated heterocycles. The predicted molar refractivity (Wildman–Crippen MR) is 82.2 cm³/mol. The van der Waals surface area contributed by atoms with Gasteiger partial charge in [-0.3, -0.25) is 0 Å². The van der Waals surface area contributed by atoms with E-state index in [9.17, 15) is 9.59 Å². The number of hydrogen-bond donors (Lipinski definition) is 2. The number of carbonyl (C=O) groups is 2. The number of imidazole rings is 1. The highest BCUT2D eigenvalue weighted by Gasteiger charge is 2.13. The number of aryl methyl sites for hydroxylation is 1. The number of nitrogens with zero attached hydrogens (tertiary/aromatic N) is 2. The molecule has 0 aliphatic carbocycles. The lowest BCUT2D eigenvalue weighted by atomic mass is 10.0. The first-order chi connectivity index (χ1) is 10.5. The van der Waals surface area contributed by atoms with Crippen LogP contribution in [0.1, 0.15) is 46.0 Å². The zero-order valence-corrected chi connectivity index (χ0v) is 12.7. The Morgan fingerprint density at radius 1 is 1.18 bits per heavy atom. The largest absolute Gasteiger partial charge is 0.478 e. The van der Waals surface area contributed by atoms with Crippen LogP contribution >= 0.6 is 0 Å². The van der Waals surface area contributed by atoms with Gasteiger partial charge in [-0.2, -0.15) is 0 Å². The van der Waals surface area contributed by atoms with E-state index in [4.69, 9.17) is 10.2 Å². The van der Waals surface area contributed by atoms with Crippen LogP contribution in [0.15, 0.2) is 36.9 Å². The molecule has 1 aromatic carbocycles. The van der Waals surface area contributed by atoms with Crippen LogP contribution < -0.4 is 0 Å². The first kappa shape index (κ1) is 17.4. The van der Waals surface area contributed by atoms with Gasteiger partial charge in [0.05, 0.1) is 17.5 Å². The molecule has 1 aromatic heterocycles. The van der Waals surface area contributed by atoms with E-state index < -0.39 is 11.9 Å². The molecule has 0 amide bonds. The summed E-state index contributed by atoms with van der Waals surface area (Å²) in [7, 11) is 0. The summed E-state index contributed by atoms with van der Waals surface area (Å²) in [5.41, 5.74) is 0.335. The van der Waals surface area contributed by atoms with Crippen molar-refractivity contribution in [2.45, 2.75) is 33.2 Å². The third-order valence-electron chi connectivity index (χ3n) is 3.12. The van der Waals surface area contributed by atoms with Crippen molar-refractivity contribution in [3.63, 3.8) is 0 Å². The van der Waals surface area contributed by atoms with Crippen molar-refractivity contribution >= 4 is 11.9 Å². The van der Waals surface area contributed by atoms with Crippen LogP contribution in [0.2, 0.25) is 0 Å². The predicted octanol–water partition coefficient (Wildman–Crippen LogP) is 3.07. The average Bonchev–Trinajstić information content (AvgIpc) is 2.98. The van der Waals surface area contributed by atoms with Gasteiger partial charge in [-0.05, 0) is 31.0 Å². The van der Waals surface area contributed by atoms with Crippen molar-refractivity contribution in [2.24, 2.45) is 0 Å². The molecule has 2 rings (SSSR count). The number of rotatable bonds is 5. The van der Waals surface area contributed by atoms with Crippen LogP contribution in [-0.2, 0) is 6.54 Å². The molecule has 0 fully saturated rings. The van der Waals surface area contributed by atoms with Crippen molar-refractivity contribution in [3.05, 3.63) is 53.6 Å². The number of carboxylic acids is 2. The van der Waals surface area contributed by atoms with Crippen molar-refractivity contribution < 1.29 is 19.8 Å². The van der Waals surface area contributed by atoms with E-state index in [0.717, 1.165) is 6.54 Å². The molecule has 6 nitrogen and oxygen atoms in total. The van der Waals surface area contributed by atoms with Crippen LogP contribution in [0.4, 0.5) is 0 Å². The van der Waals surface area contributed by atoms with Gasteiger partial charge in [-0.25, -0.2) is 14.6 Å². The topological polar surface area (TPSA) is 92.4 Å². The Labute approximate surface area is 129 Å². The minimum absolute atomic E-state index is 0.0277. The van der Waals surface area contributed by atoms with Gasteiger partial charge in [0.15, 0.2) is 0 Å². The van der Waals surface area contributed by atoms with Crippen LogP contribution in [0.5, 0.6) is 0 Å². The van der Waals surface area contributed by atoms with Gasteiger partial charge in [0.25, 0.3) is 0 Å². The van der Waals surface area contributed by atoms with Crippen LogP contribution in [0.3, 0.4) is 0 Å². The van der Waals surface area contributed by atoms with Gasteiger partial charge < -0.3 is 14.8 Å². The van der Waals surface area contributed by atoms with E-state index in [0.29, 0.717) is 0 Å². The Kier molecular flexibility index (Phi) is 6.82.